The maximum atomic E-state index is 11.3. The van der Waals surface area contributed by atoms with Gasteiger partial charge in [0.2, 0.25) is 0 Å². The van der Waals surface area contributed by atoms with Gasteiger partial charge in [0, 0.05) is 0 Å². The molecule has 0 rings (SSSR count). The Kier molecular flexibility index (Phi) is 13.2. The highest BCUT2D eigenvalue weighted by Gasteiger charge is 2.22. The number of aliphatic hydroxyl groups excluding tert-OH is 1. The highest BCUT2D eigenvalue weighted by atomic mass is 32.2. The molecular weight excluding hydrogens is 300 g/mol. The minimum Gasteiger partial charge on any atom is -0.393 e. The first-order valence-electron chi connectivity index (χ1n) is 9.06. The van der Waals surface area contributed by atoms with Gasteiger partial charge in [0.1, 0.15) is 0 Å². The molecule has 0 aliphatic rings. The van der Waals surface area contributed by atoms with E-state index in [0.29, 0.717) is 25.7 Å². The van der Waals surface area contributed by atoms with Gasteiger partial charge in [-0.25, -0.2) is 0 Å². The van der Waals surface area contributed by atoms with Crippen LogP contribution in [-0.4, -0.2) is 29.4 Å². The Morgan fingerprint density at radius 3 is 1.82 bits per heavy atom. The second-order valence-corrected chi connectivity index (χ2v) is 8.12. The van der Waals surface area contributed by atoms with Crippen LogP contribution in [0.3, 0.4) is 0 Å². The fraction of sp³-hybridized carbons (Fsp3) is 1.00. The third-order valence-electron chi connectivity index (χ3n) is 4.26. The molecule has 0 aliphatic carbocycles. The molecular formula is C17H36O4S. The Bertz CT molecular complexity index is 341. The van der Waals surface area contributed by atoms with Crippen molar-refractivity contribution < 1.29 is 18.1 Å². The Morgan fingerprint density at radius 1 is 0.727 bits per heavy atom. The van der Waals surface area contributed by atoms with E-state index in [1.807, 2.05) is 6.92 Å². The molecule has 22 heavy (non-hydrogen) atoms. The Balaban J connectivity index is 3.77. The van der Waals surface area contributed by atoms with Crippen LogP contribution in [0.1, 0.15) is 97.3 Å². The lowest BCUT2D eigenvalue weighted by Gasteiger charge is -2.15. The topological polar surface area (TPSA) is 74.6 Å². The normalized spacial score (nSPS) is 14.9. The lowest BCUT2D eigenvalue weighted by molar-refractivity contribution is 0.147. The monoisotopic (exact) mass is 336 g/mol. The van der Waals surface area contributed by atoms with Crippen molar-refractivity contribution in [3.05, 3.63) is 0 Å². The molecule has 2 unspecified atom stereocenters. The molecule has 5 heteroatoms. The molecule has 2 N–H and O–H groups in total. The summed E-state index contributed by atoms with van der Waals surface area (Å²) in [5.41, 5.74) is 0. The molecule has 0 aromatic heterocycles. The first-order chi connectivity index (χ1) is 10.4. The van der Waals surface area contributed by atoms with Crippen molar-refractivity contribution in [2.45, 2.75) is 109 Å². The van der Waals surface area contributed by atoms with Gasteiger partial charge in [0.05, 0.1) is 11.4 Å². The van der Waals surface area contributed by atoms with E-state index in [-0.39, 0.29) is 6.10 Å². The molecule has 134 valence electrons. The first kappa shape index (κ1) is 21.9. The third kappa shape index (κ3) is 12.4. The summed E-state index contributed by atoms with van der Waals surface area (Å²) >= 11 is 0. The van der Waals surface area contributed by atoms with Crippen LogP contribution in [0.4, 0.5) is 0 Å². The average molecular weight is 337 g/mol. The Morgan fingerprint density at radius 2 is 1.23 bits per heavy atom. The van der Waals surface area contributed by atoms with Gasteiger partial charge in [0.15, 0.2) is 0 Å². The van der Waals surface area contributed by atoms with Crippen LogP contribution in [0.2, 0.25) is 0 Å². The summed E-state index contributed by atoms with van der Waals surface area (Å²) < 4.78 is 31.8. The van der Waals surface area contributed by atoms with E-state index < -0.39 is 15.4 Å². The molecule has 0 heterocycles. The maximum absolute atomic E-state index is 11.3. The van der Waals surface area contributed by atoms with Crippen molar-refractivity contribution in [3.63, 3.8) is 0 Å². The quantitative estimate of drug-likeness (QED) is 0.335. The molecule has 0 fully saturated rings. The van der Waals surface area contributed by atoms with E-state index in [0.717, 1.165) is 25.7 Å². The van der Waals surface area contributed by atoms with E-state index in [2.05, 4.69) is 6.92 Å². The maximum Gasteiger partial charge on any atom is 0.267 e. The van der Waals surface area contributed by atoms with Crippen molar-refractivity contribution in [3.8, 4) is 0 Å². The van der Waals surface area contributed by atoms with Crippen LogP contribution in [0.15, 0.2) is 0 Å². The van der Waals surface area contributed by atoms with Gasteiger partial charge >= 0.3 is 0 Å². The lowest BCUT2D eigenvalue weighted by Crippen LogP contribution is -2.21. The van der Waals surface area contributed by atoms with Crippen LogP contribution in [0, 0.1) is 0 Å². The largest absolute Gasteiger partial charge is 0.393 e. The predicted molar refractivity (Wildman–Crippen MR) is 92.7 cm³/mol. The van der Waals surface area contributed by atoms with Crippen LogP contribution in [-0.2, 0) is 10.1 Å². The Hall–Kier alpha value is -0.130. The van der Waals surface area contributed by atoms with Gasteiger partial charge in [0.25, 0.3) is 10.1 Å². The van der Waals surface area contributed by atoms with Gasteiger partial charge < -0.3 is 5.11 Å². The van der Waals surface area contributed by atoms with Gasteiger partial charge in [-0.05, 0) is 32.1 Å². The molecule has 0 aromatic carbocycles. The fourth-order valence-corrected chi connectivity index (χ4v) is 3.69. The van der Waals surface area contributed by atoms with Crippen LogP contribution >= 0.6 is 0 Å². The molecule has 0 spiro atoms. The number of hydrogen-bond acceptors (Lipinski definition) is 3. The molecule has 0 bridgehead atoms. The average Bonchev–Trinajstić information content (AvgIpc) is 2.45. The van der Waals surface area contributed by atoms with E-state index in [4.69, 9.17) is 0 Å². The summed E-state index contributed by atoms with van der Waals surface area (Å²) in [5, 5.41) is 9.27. The lowest BCUT2D eigenvalue weighted by atomic mass is 10.0. The number of aliphatic hydroxyl groups is 1. The van der Waals surface area contributed by atoms with Crippen molar-refractivity contribution in [1.29, 1.82) is 0 Å². The van der Waals surface area contributed by atoms with E-state index in [1.54, 1.807) is 0 Å². The zero-order valence-electron chi connectivity index (χ0n) is 14.5. The summed E-state index contributed by atoms with van der Waals surface area (Å²) in [5.74, 6) is 0. The molecule has 4 nitrogen and oxygen atoms in total. The van der Waals surface area contributed by atoms with Gasteiger partial charge in [-0.1, -0.05) is 65.2 Å². The Labute approximate surface area is 137 Å². The number of rotatable bonds is 15. The van der Waals surface area contributed by atoms with Crippen LogP contribution < -0.4 is 0 Å². The molecule has 0 aromatic rings. The molecule has 2 atom stereocenters. The van der Waals surface area contributed by atoms with Gasteiger partial charge in [-0.15, -0.1) is 0 Å². The molecule has 0 saturated carbocycles. The van der Waals surface area contributed by atoms with Crippen molar-refractivity contribution in [1.82, 2.24) is 0 Å². The minimum absolute atomic E-state index is 0.334. The summed E-state index contributed by atoms with van der Waals surface area (Å²) in [4.78, 5) is 0. The number of hydrogen-bond donors (Lipinski definition) is 2. The van der Waals surface area contributed by atoms with Crippen molar-refractivity contribution in [2.24, 2.45) is 0 Å². The van der Waals surface area contributed by atoms with E-state index in [1.165, 1.54) is 32.1 Å². The van der Waals surface area contributed by atoms with E-state index >= 15 is 0 Å². The van der Waals surface area contributed by atoms with Gasteiger partial charge in [-0.2, -0.15) is 8.42 Å². The highest BCUT2D eigenvalue weighted by Crippen LogP contribution is 2.18. The first-order valence-corrected chi connectivity index (χ1v) is 10.6. The summed E-state index contributed by atoms with van der Waals surface area (Å²) in [6.45, 7) is 4.20. The fourth-order valence-electron chi connectivity index (χ4n) is 2.76. The zero-order valence-corrected chi connectivity index (χ0v) is 15.3. The van der Waals surface area contributed by atoms with E-state index in [9.17, 15) is 18.1 Å². The standard InChI is InChI=1S/C17H36O4S/c1-3-5-7-8-9-10-12-16(18)13-11-15-17(14-6-4-2)22(19,20)21/h16-18H,3-15H2,1-2H3,(H,19,20,21). The SMILES string of the molecule is CCCCCCCCC(O)CCCC(CCCC)S(=O)(=O)O. The van der Waals surface area contributed by atoms with Crippen LogP contribution in [0.25, 0.3) is 0 Å². The van der Waals surface area contributed by atoms with Crippen molar-refractivity contribution in [2.75, 3.05) is 0 Å². The third-order valence-corrected chi connectivity index (χ3v) is 5.57. The zero-order chi connectivity index (χ0) is 16.8. The molecule has 0 amide bonds. The summed E-state index contributed by atoms with van der Waals surface area (Å²) in [6.07, 6.45) is 11.7. The molecule has 0 aliphatic heterocycles. The number of unbranched alkanes of at least 4 members (excludes halogenated alkanes) is 6. The van der Waals surface area contributed by atoms with Crippen LogP contribution in [0.5, 0.6) is 0 Å². The molecule has 0 saturated heterocycles. The second kappa shape index (κ2) is 13.3. The predicted octanol–water partition coefficient (Wildman–Crippen LogP) is 4.71. The smallest absolute Gasteiger partial charge is 0.267 e. The van der Waals surface area contributed by atoms with Gasteiger partial charge in [-0.3, -0.25) is 4.55 Å². The minimum atomic E-state index is -3.95. The summed E-state index contributed by atoms with van der Waals surface area (Å²) in [7, 11) is -3.95. The van der Waals surface area contributed by atoms with Crippen molar-refractivity contribution >= 4 is 10.1 Å². The highest BCUT2D eigenvalue weighted by molar-refractivity contribution is 7.86. The summed E-state index contributed by atoms with van der Waals surface area (Å²) in [6, 6.07) is 0. The molecule has 0 radical (unpaired) electrons. The second-order valence-electron chi connectivity index (χ2n) is 6.42.